The fraction of sp³-hybridized carbons (Fsp3) is 0.0417. The fourth-order valence-electron chi connectivity index (χ4n) is 3.20. The molecule has 2 aromatic carbocycles. The molecule has 7 nitrogen and oxygen atoms in total. The zero-order valence-electron chi connectivity index (χ0n) is 16.7. The maximum atomic E-state index is 13.2. The van der Waals surface area contributed by atoms with Gasteiger partial charge in [-0.3, -0.25) is 15.2 Å². The number of hydrogen-bond donors (Lipinski definition) is 2. The van der Waals surface area contributed by atoms with Crippen LogP contribution in [0.3, 0.4) is 0 Å². The molecule has 0 aliphatic heterocycles. The minimum Gasteiger partial charge on any atom is -0.319 e. The third-order valence-electron chi connectivity index (χ3n) is 4.72. The van der Waals surface area contributed by atoms with Crippen molar-refractivity contribution in [2.24, 2.45) is 0 Å². The van der Waals surface area contributed by atoms with Crippen molar-refractivity contribution in [3.05, 3.63) is 101 Å². The Morgan fingerprint density at radius 2 is 1.81 bits per heavy atom. The average Bonchev–Trinajstić information content (AvgIpc) is 2.80. The number of nitrogens with one attached hydrogen (secondary N) is 2. The van der Waals surface area contributed by atoms with Gasteiger partial charge in [-0.2, -0.15) is 10.4 Å². The van der Waals surface area contributed by atoms with Crippen molar-refractivity contribution in [1.29, 1.82) is 10.7 Å². The lowest BCUT2D eigenvalue weighted by atomic mass is 9.99. The van der Waals surface area contributed by atoms with E-state index in [1.54, 1.807) is 42.6 Å². The Bertz CT molecular complexity index is 1340. The minimum absolute atomic E-state index is 0.0446. The third kappa shape index (κ3) is 3.95. The van der Waals surface area contributed by atoms with Crippen LogP contribution in [0.4, 0.5) is 5.69 Å². The van der Waals surface area contributed by atoms with E-state index in [1.165, 1.54) is 10.9 Å². The summed E-state index contributed by atoms with van der Waals surface area (Å²) in [5.74, 6) is -0.496. The van der Waals surface area contributed by atoms with E-state index in [0.717, 1.165) is 5.56 Å². The summed E-state index contributed by atoms with van der Waals surface area (Å²) in [4.78, 5) is 17.3. The first-order valence-electron chi connectivity index (χ1n) is 9.54. The molecule has 1 amide bonds. The zero-order chi connectivity index (χ0) is 21.8. The van der Waals surface area contributed by atoms with Gasteiger partial charge in [-0.1, -0.05) is 48.0 Å². The highest BCUT2D eigenvalue weighted by Gasteiger charge is 2.23. The zero-order valence-corrected chi connectivity index (χ0v) is 16.7. The highest BCUT2D eigenvalue weighted by atomic mass is 16.2. The van der Waals surface area contributed by atoms with Crippen molar-refractivity contribution in [3.63, 3.8) is 0 Å². The lowest BCUT2D eigenvalue weighted by Crippen LogP contribution is -2.29. The van der Waals surface area contributed by atoms with E-state index in [9.17, 15) is 10.1 Å². The van der Waals surface area contributed by atoms with Crippen molar-refractivity contribution in [1.82, 2.24) is 14.8 Å². The molecule has 0 aliphatic carbocycles. The van der Waals surface area contributed by atoms with Crippen LogP contribution in [-0.4, -0.2) is 20.7 Å². The van der Waals surface area contributed by atoms with Crippen molar-refractivity contribution >= 4 is 11.6 Å². The summed E-state index contributed by atoms with van der Waals surface area (Å²) in [5.41, 5.74) is 3.10. The molecule has 0 saturated heterocycles. The van der Waals surface area contributed by atoms with Gasteiger partial charge in [0.2, 0.25) is 0 Å². The maximum absolute atomic E-state index is 13.2. The predicted molar refractivity (Wildman–Crippen MR) is 116 cm³/mol. The molecule has 4 rings (SSSR count). The van der Waals surface area contributed by atoms with Gasteiger partial charge in [0.1, 0.15) is 11.6 Å². The lowest BCUT2D eigenvalue weighted by Gasteiger charge is -2.15. The highest BCUT2D eigenvalue weighted by Crippen LogP contribution is 2.25. The fourth-order valence-corrected chi connectivity index (χ4v) is 3.20. The molecule has 2 aromatic heterocycles. The molecule has 0 spiro atoms. The SMILES string of the molecule is Cc1ccc(-n2nc(C(=O)Nc3cccnc3)c(-c3ccccc3)c(C#N)c2=N)cc1. The Morgan fingerprint density at radius 3 is 2.45 bits per heavy atom. The second kappa shape index (κ2) is 8.43. The second-order valence-corrected chi connectivity index (χ2v) is 6.87. The number of pyridine rings is 1. The molecule has 0 atom stereocenters. The molecule has 0 bridgehead atoms. The summed E-state index contributed by atoms with van der Waals surface area (Å²) in [5, 5.41) is 25.8. The van der Waals surface area contributed by atoms with Gasteiger partial charge in [0.25, 0.3) is 5.91 Å². The summed E-state index contributed by atoms with van der Waals surface area (Å²) in [6, 6.07) is 21.9. The number of carbonyl (C=O) groups excluding carboxylic acids is 1. The molecule has 150 valence electrons. The molecular weight excluding hydrogens is 388 g/mol. The normalized spacial score (nSPS) is 10.3. The van der Waals surface area contributed by atoms with Crippen LogP contribution < -0.4 is 10.8 Å². The number of anilines is 1. The molecule has 0 unspecified atom stereocenters. The number of amides is 1. The van der Waals surface area contributed by atoms with Gasteiger partial charge < -0.3 is 5.32 Å². The molecule has 7 heteroatoms. The smallest absolute Gasteiger partial charge is 0.276 e. The second-order valence-electron chi connectivity index (χ2n) is 6.87. The van der Waals surface area contributed by atoms with E-state index in [2.05, 4.69) is 21.5 Å². The third-order valence-corrected chi connectivity index (χ3v) is 4.72. The topological polar surface area (TPSA) is 107 Å². The Kier molecular flexibility index (Phi) is 5.37. The van der Waals surface area contributed by atoms with Crippen LogP contribution in [0.15, 0.2) is 79.1 Å². The van der Waals surface area contributed by atoms with Gasteiger partial charge >= 0.3 is 0 Å². The Morgan fingerprint density at radius 1 is 1.06 bits per heavy atom. The van der Waals surface area contributed by atoms with Crippen LogP contribution in [0.5, 0.6) is 0 Å². The van der Waals surface area contributed by atoms with Crippen molar-refractivity contribution in [2.45, 2.75) is 6.92 Å². The van der Waals surface area contributed by atoms with Gasteiger partial charge in [-0.25, -0.2) is 4.68 Å². The van der Waals surface area contributed by atoms with E-state index in [1.807, 2.05) is 37.3 Å². The van der Waals surface area contributed by atoms with E-state index < -0.39 is 5.91 Å². The quantitative estimate of drug-likeness (QED) is 0.537. The van der Waals surface area contributed by atoms with Gasteiger partial charge in [-0.05, 0) is 36.8 Å². The predicted octanol–water partition coefficient (Wildman–Crippen LogP) is 3.85. The summed E-state index contributed by atoms with van der Waals surface area (Å²) in [7, 11) is 0. The Labute approximate surface area is 178 Å². The van der Waals surface area contributed by atoms with Crippen LogP contribution in [0.1, 0.15) is 21.6 Å². The first-order valence-corrected chi connectivity index (χ1v) is 9.54. The van der Waals surface area contributed by atoms with E-state index in [-0.39, 0.29) is 16.7 Å². The van der Waals surface area contributed by atoms with Gasteiger partial charge in [0.05, 0.1) is 17.6 Å². The average molecular weight is 406 g/mol. The van der Waals surface area contributed by atoms with Crippen molar-refractivity contribution < 1.29 is 4.79 Å². The van der Waals surface area contributed by atoms with Gasteiger partial charge in [-0.15, -0.1) is 0 Å². The number of nitriles is 1. The molecule has 0 aliphatic rings. The van der Waals surface area contributed by atoms with E-state index in [0.29, 0.717) is 22.5 Å². The molecular formula is C24H18N6O. The summed E-state index contributed by atoms with van der Waals surface area (Å²) < 4.78 is 1.31. The molecule has 31 heavy (non-hydrogen) atoms. The number of nitrogens with zero attached hydrogens (tertiary/aromatic N) is 4. The Balaban J connectivity index is 1.96. The standard InChI is InChI=1S/C24H18N6O/c1-16-9-11-19(12-10-16)30-23(26)20(14-25)21(17-6-3-2-4-7-17)22(29-30)24(31)28-18-8-5-13-27-15-18/h2-13,15,26H,1H3,(H,28,31). The highest BCUT2D eigenvalue weighted by molar-refractivity contribution is 6.07. The summed E-state index contributed by atoms with van der Waals surface area (Å²) in [6.07, 6.45) is 3.13. The number of benzene rings is 2. The van der Waals surface area contributed by atoms with Gasteiger partial charge in [0, 0.05) is 11.8 Å². The van der Waals surface area contributed by atoms with Crippen LogP contribution in [0, 0.1) is 23.7 Å². The summed E-state index contributed by atoms with van der Waals surface area (Å²) in [6.45, 7) is 1.95. The monoisotopic (exact) mass is 406 g/mol. The van der Waals surface area contributed by atoms with Crippen LogP contribution in [0.2, 0.25) is 0 Å². The number of aryl methyl sites for hydroxylation is 1. The molecule has 2 N–H and O–H groups in total. The number of carbonyl (C=O) groups is 1. The Hall–Kier alpha value is -4.57. The number of hydrogen-bond acceptors (Lipinski definition) is 5. The summed E-state index contributed by atoms with van der Waals surface area (Å²) >= 11 is 0. The van der Waals surface area contributed by atoms with Crippen molar-refractivity contribution in [3.8, 4) is 22.9 Å². The lowest BCUT2D eigenvalue weighted by molar-refractivity contribution is 0.102. The maximum Gasteiger partial charge on any atom is 0.276 e. The molecule has 0 radical (unpaired) electrons. The van der Waals surface area contributed by atoms with Crippen LogP contribution in [-0.2, 0) is 0 Å². The van der Waals surface area contributed by atoms with E-state index in [4.69, 9.17) is 5.41 Å². The molecule has 0 fully saturated rings. The van der Waals surface area contributed by atoms with Crippen LogP contribution >= 0.6 is 0 Å². The first-order chi connectivity index (χ1) is 15.1. The van der Waals surface area contributed by atoms with Gasteiger partial charge in [0.15, 0.2) is 11.2 Å². The molecule has 0 saturated carbocycles. The minimum atomic E-state index is -0.496. The van der Waals surface area contributed by atoms with Crippen molar-refractivity contribution in [2.75, 3.05) is 5.32 Å². The molecule has 2 heterocycles. The van der Waals surface area contributed by atoms with E-state index >= 15 is 0 Å². The molecule has 4 aromatic rings. The van der Waals surface area contributed by atoms with Crippen LogP contribution in [0.25, 0.3) is 16.8 Å². The largest absolute Gasteiger partial charge is 0.319 e. The number of aromatic nitrogens is 3. The first kappa shape index (κ1) is 19.7. The number of rotatable bonds is 4.